The minimum absolute atomic E-state index is 0.761. The summed E-state index contributed by atoms with van der Waals surface area (Å²) in [6, 6.07) is 3.97. The molecule has 3 atom stereocenters. The first-order chi connectivity index (χ1) is 9.88. The summed E-state index contributed by atoms with van der Waals surface area (Å²) in [5, 5.41) is 3.00. The summed E-state index contributed by atoms with van der Waals surface area (Å²) in [6.45, 7) is 0.845. The van der Waals surface area contributed by atoms with Crippen LogP contribution in [0.5, 0.6) is 5.88 Å². The quantitative estimate of drug-likeness (QED) is 0.851. The molecule has 104 valence electrons. The molecule has 2 aliphatic rings. The van der Waals surface area contributed by atoms with Crippen LogP contribution in [-0.4, -0.2) is 16.6 Å². The van der Waals surface area contributed by atoms with Gasteiger partial charge in [0.1, 0.15) is 5.01 Å². The molecule has 2 aromatic rings. The van der Waals surface area contributed by atoms with Gasteiger partial charge in [0.05, 0.1) is 12.0 Å². The standard InChI is InChI=1S/C16H18N2OS/c1-2-13(8-17-5-1)16-18-15(10-20-16)19-9-14-7-11-3-4-12(14)6-11/h1-2,5,8,10-12,14H,3-4,6-7,9H2. The predicted molar refractivity (Wildman–Crippen MR) is 79.8 cm³/mol. The van der Waals surface area contributed by atoms with E-state index in [1.165, 1.54) is 25.7 Å². The molecule has 0 saturated heterocycles. The zero-order valence-corrected chi connectivity index (χ0v) is 12.2. The normalized spacial score (nSPS) is 27.9. The van der Waals surface area contributed by atoms with E-state index in [9.17, 15) is 0 Å². The number of hydrogen-bond donors (Lipinski definition) is 0. The third kappa shape index (κ3) is 2.33. The molecular formula is C16H18N2OS. The van der Waals surface area contributed by atoms with Crippen LogP contribution in [0.15, 0.2) is 29.9 Å². The van der Waals surface area contributed by atoms with E-state index in [1.54, 1.807) is 17.5 Å². The van der Waals surface area contributed by atoms with Gasteiger partial charge in [-0.25, -0.2) is 4.98 Å². The van der Waals surface area contributed by atoms with Gasteiger partial charge in [-0.15, -0.1) is 11.3 Å². The molecule has 0 radical (unpaired) electrons. The molecule has 0 aliphatic heterocycles. The van der Waals surface area contributed by atoms with Crippen LogP contribution in [0.4, 0.5) is 0 Å². The fraction of sp³-hybridized carbons (Fsp3) is 0.500. The molecule has 2 aromatic heterocycles. The first-order valence-electron chi connectivity index (χ1n) is 7.37. The fourth-order valence-corrected chi connectivity index (χ4v) is 4.45. The van der Waals surface area contributed by atoms with E-state index in [4.69, 9.17) is 4.74 Å². The maximum absolute atomic E-state index is 5.92. The van der Waals surface area contributed by atoms with E-state index >= 15 is 0 Å². The van der Waals surface area contributed by atoms with Gasteiger partial charge in [-0.1, -0.05) is 6.42 Å². The molecule has 4 rings (SSSR count). The number of aromatic nitrogens is 2. The fourth-order valence-electron chi connectivity index (χ4n) is 3.72. The predicted octanol–water partition coefficient (Wildman–Crippen LogP) is 4.02. The number of nitrogens with zero attached hydrogens (tertiary/aromatic N) is 2. The zero-order valence-electron chi connectivity index (χ0n) is 11.4. The van der Waals surface area contributed by atoms with E-state index in [1.807, 2.05) is 23.7 Å². The lowest BCUT2D eigenvalue weighted by Crippen LogP contribution is -2.18. The first kappa shape index (κ1) is 12.3. The lowest BCUT2D eigenvalue weighted by atomic mass is 9.90. The molecule has 4 heteroatoms. The average Bonchev–Trinajstić information content (AvgIpc) is 3.22. The van der Waals surface area contributed by atoms with Gasteiger partial charge in [0.2, 0.25) is 5.88 Å². The van der Waals surface area contributed by atoms with Gasteiger partial charge in [-0.3, -0.25) is 4.98 Å². The Morgan fingerprint density at radius 2 is 2.30 bits per heavy atom. The van der Waals surface area contributed by atoms with Gasteiger partial charge in [0.15, 0.2) is 0 Å². The summed E-state index contributed by atoms with van der Waals surface area (Å²) < 4.78 is 5.92. The van der Waals surface area contributed by atoms with Crippen molar-refractivity contribution in [3.05, 3.63) is 29.9 Å². The van der Waals surface area contributed by atoms with Crippen molar-refractivity contribution in [3.8, 4) is 16.5 Å². The summed E-state index contributed by atoms with van der Waals surface area (Å²) in [4.78, 5) is 8.69. The maximum atomic E-state index is 5.92. The Morgan fingerprint density at radius 3 is 3.05 bits per heavy atom. The monoisotopic (exact) mass is 286 g/mol. The summed E-state index contributed by atoms with van der Waals surface area (Å²) >= 11 is 1.62. The summed E-state index contributed by atoms with van der Waals surface area (Å²) in [7, 11) is 0. The SMILES string of the molecule is c1cncc(-c2nc(OCC3CC4CCC3C4)cs2)c1. The van der Waals surface area contributed by atoms with Crippen LogP contribution in [0.2, 0.25) is 0 Å². The molecule has 2 heterocycles. The molecule has 20 heavy (non-hydrogen) atoms. The molecule has 2 aliphatic carbocycles. The minimum Gasteiger partial charge on any atom is -0.477 e. The van der Waals surface area contributed by atoms with E-state index < -0.39 is 0 Å². The van der Waals surface area contributed by atoms with Gasteiger partial charge >= 0.3 is 0 Å². The van der Waals surface area contributed by atoms with Gasteiger partial charge in [0.25, 0.3) is 0 Å². The molecule has 2 bridgehead atoms. The third-order valence-corrected chi connectivity index (χ3v) is 5.59. The highest BCUT2D eigenvalue weighted by atomic mass is 32.1. The molecule has 0 spiro atoms. The molecule has 2 fully saturated rings. The van der Waals surface area contributed by atoms with Crippen LogP contribution in [0.1, 0.15) is 25.7 Å². The van der Waals surface area contributed by atoms with Crippen molar-refractivity contribution in [3.63, 3.8) is 0 Å². The van der Waals surface area contributed by atoms with Crippen LogP contribution in [0, 0.1) is 17.8 Å². The van der Waals surface area contributed by atoms with Crippen LogP contribution in [0.3, 0.4) is 0 Å². The number of pyridine rings is 1. The van der Waals surface area contributed by atoms with Gasteiger partial charge < -0.3 is 4.74 Å². The topological polar surface area (TPSA) is 35.0 Å². The van der Waals surface area contributed by atoms with Crippen molar-refractivity contribution in [2.24, 2.45) is 17.8 Å². The van der Waals surface area contributed by atoms with Crippen molar-refractivity contribution < 1.29 is 4.74 Å². The van der Waals surface area contributed by atoms with E-state index in [0.717, 1.165) is 40.8 Å². The van der Waals surface area contributed by atoms with Crippen molar-refractivity contribution in [1.82, 2.24) is 9.97 Å². The molecule has 2 saturated carbocycles. The largest absolute Gasteiger partial charge is 0.477 e. The number of ether oxygens (including phenoxy) is 1. The second-order valence-corrected chi connectivity index (χ2v) is 6.84. The van der Waals surface area contributed by atoms with Crippen molar-refractivity contribution in [2.75, 3.05) is 6.61 Å². The number of fused-ring (bicyclic) bond motifs is 2. The molecule has 3 nitrogen and oxygen atoms in total. The van der Waals surface area contributed by atoms with Gasteiger partial charge in [0, 0.05) is 18.0 Å². The molecule has 0 N–H and O–H groups in total. The van der Waals surface area contributed by atoms with Crippen LogP contribution >= 0.6 is 11.3 Å². The zero-order chi connectivity index (χ0) is 13.4. The van der Waals surface area contributed by atoms with E-state index in [0.29, 0.717) is 0 Å². The second-order valence-electron chi connectivity index (χ2n) is 5.98. The van der Waals surface area contributed by atoms with E-state index in [-0.39, 0.29) is 0 Å². The lowest BCUT2D eigenvalue weighted by molar-refractivity contribution is 0.191. The number of hydrogen-bond acceptors (Lipinski definition) is 4. The van der Waals surface area contributed by atoms with Gasteiger partial charge in [-0.2, -0.15) is 0 Å². The highest BCUT2D eigenvalue weighted by molar-refractivity contribution is 7.13. The van der Waals surface area contributed by atoms with Crippen molar-refractivity contribution >= 4 is 11.3 Å². The van der Waals surface area contributed by atoms with Crippen molar-refractivity contribution in [2.45, 2.75) is 25.7 Å². The Morgan fingerprint density at radius 1 is 1.30 bits per heavy atom. The van der Waals surface area contributed by atoms with Crippen LogP contribution < -0.4 is 4.74 Å². The maximum Gasteiger partial charge on any atom is 0.224 e. The lowest BCUT2D eigenvalue weighted by Gasteiger charge is -2.20. The Kier molecular flexibility index (Phi) is 3.19. The Balaban J connectivity index is 1.39. The number of rotatable bonds is 4. The third-order valence-electron chi connectivity index (χ3n) is 4.72. The molecule has 3 unspecified atom stereocenters. The highest BCUT2D eigenvalue weighted by Crippen LogP contribution is 2.48. The molecule has 0 amide bonds. The van der Waals surface area contributed by atoms with Crippen molar-refractivity contribution in [1.29, 1.82) is 0 Å². The van der Waals surface area contributed by atoms with Crippen LogP contribution in [-0.2, 0) is 0 Å². The summed E-state index contributed by atoms with van der Waals surface area (Å²) in [6.07, 6.45) is 9.29. The minimum atomic E-state index is 0.761. The van der Waals surface area contributed by atoms with Crippen LogP contribution in [0.25, 0.3) is 10.6 Å². The summed E-state index contributed by atoms with van der Waals surface area (Å²) in [5.74, 6) is 3.43. The Bertz CT molecular complexity index is 583. The Labute approximate surface area is 123 Å². The molecule has 0 aromatic carbocycles. The second kappa shape index (κ2) is 5.17. The highest BCUT2D eigenvalue weighted by Gasteiger charge is 2.39. The Hall–Kier alpha value is -1.42. The van der Waals surface area contributed by atoms with Gasteiger partial charge in [-0.05, 0) is 49.1 Å². The number of thiazole rings is 1. The molecular weight excluding hydrogens is 268 g/mol. The smallest absolute Gasteiger partial charge is 0.224 e. The summed E-state index contributed by atoms with van der Waals surface area (Å²) in [5.41, 5.74) is 1.06. The first-order valence-corrected chi connectivity index (χ1v) is 8.25. The van der Waals surface area contributed by atoms with E-state index in [2.05, 4.69) is 9.97 Å². The average molecular weight is 286 g/mol.